The molecule has 6 heteroatoms. The number of hydrogen-bond acceptors (Lipinski definition) is 4. The van der Waals surface area contributed by atoms with Crippen molar-refractivity contribution in [3.05, 3.63) is 34.2 Å². The summed E-state index contributed by atoms with van der Waals surface area (Å²) in [7, 11) is 4.66. The Kier molecular flexibility index (Phi) is 5.06. The Morgan fingerprint density at radius 2 is 2.28 bits per heavy atom. The molecular weight excluding hydrogens is 236 g/mol. The van der Waals surface area contributed by atoms with E-state index in [9.17, 15) is 14.7 Å². The van der Waals surface area contributed by atoms with Crippen LogP contribution < -0.4 is 5.56 Å². The number of likely N-dealkylation sites (N-methyl/N-ethyl adjacent to an activating group) is 1. The van der Waals surface area contributed by atoms with E-state index in [1.807, 2.05) is 0 Å². The summed E-state index contributed by atoms with van der Waals surface area (Å²) < 4.78 is 6.17. The van der Waals surface area contributed by atoms with Crippen LogP contribution in [0.4, 0.5) is 0 Å². The van der Waals surface area contributed by atoms with Crippen molar-refractivity contribution in [1.29, 1.82) is 0 Å². The molecule has 1 atom stereocenters. The number of rotatable bonds is 5. The number of aliphatic hydroxyl groups is 1. The van der Waals surface area contributed by atoms with Crippen LogP contribution in [0, 0.1) is 0 Å². The molecule has 0 aliphatic heterocycles. The number of pyridine rings is 1. The van der Waals surface area contributed by atoms with E-state index in [0.29, 0.717) is 5.56 Å². The van der Waals surface area contributed by atoms with Gasteiger partial charge in [-0.3, -0.25) is 9.59 Å². The minimum absolute atomic E-state index is 0.155. The van der Waals surface area contributed by atoms with Crippen molar-refractivity contribution in [2.45, 2.75) is 6.10 Å². The van der Waals surface area contributed by atoms with E-state index >= 15 is 0 Å². The maximum Gasteiger partial charge on any atom is 0.253 e. The van der Waals surface area contributed by atoms with Crippen LogP contribution in [-0.2, 0) is 11.8 Å². The van der Waals surface area contributed by atoms with Crippen LogP contribution in [0.2, 0.25) is 0 Å². The highest BCUT2D eigenvalue weighted by Gasteiger charge is 2.15. The maximum absolute atomic E-state index is 12.0. The molecule has 100 valence electrons. The number of amides is 1. The van der Waals surface area contributed by atoms with Gasteiger partial charge < -0.3 is 19.3 Å². The topological polar surface area (TPSA) is 71.8 Å². The van der Waals surface area contributed by atoms with Crippen molar-refractivity contribution in [2.24, 2.45) is 7.05 Å². The molecular formula is C12H18N2O4. The fourth-order valence-corrected chi connectivity index (χ4v) is 1.55. The number of ether oxygens (including phenoxy) is 1. The molecule has 1 unspecified atom stereocenters. The van der Waals surface area contributed by atoms with Gasteiger partial charge >= 0.3 is 0 Å². The molecule has 1 aromatic heterocycles. The summed E-state index contributed by atoms with van der Waals surface area (Å²) in [5.74, 6) is -0.303. The Balaban J connectivity index is 2.74. The van der Waals surface area contributed by atoms with Crippen molar-refractivity contribution in [2.75, 3.05) is 27.3 Å². The number of aliphatic hydroxyl groups excluding tert-OH is 1. The van der Waals surface area contributed by atoms with Gasteiger partial charge in [-0.05, 0) is 6.07 Å². The lowest BCUT2D eigenvalue weighted by atomic mass is 10.2. The molecule has 0 radical (unpaired) electrons. The van der Waals surface area contributed by atoms with Gasteiger partial charge in [-0.2, -0.15) is 0 Å². The average Bonchev–Trinajstić information content (AvgIpc) is 2.32. The Bertz CT molecular complexity index is 469. The molecule has 6 nitrogen and oxygen atoms in total. The zero-order valence-electron chi connectivity index (χ0n) is 10.8. The van der Waals surface area contributed by atoms with Crippen LogP contribution in [0.5, 0.6) is 0 Å². The summed E-state index contributed by atoms with van der Waals surface area (Å²) in [6, 6.07) is 2.85. The number of hydrogen-bond donors (Lipinski definition) is 1. The molecule has 0 aliphatic rings. The monoisotopic (exact) mass is 254 g/mol. The SMILES string of the molecule is COCC(O)CN(C)C(=O)c1ccn(C)c(=O)c1. The van der Waals surface area contributed by atoms with Crippen LogP contribution in [0.25, 0.3) is 0 Å². The molecule has 1 rings (SSSR count). The first kappa shape index (κ1) is 14.4. The summed E-state index contributed by atoms with van der Waals surface area (Å²) in [5.41, 5.74) is 0.0666. The van der Waals surface area contributed by atoms with Gasteiger partial charge in [-0.1, -0.05) is 0 Å². The fourth-order valence-electron chi connectivity index (χ4n) is 1.55. The third kappa shape index (κ3) is 3.68. The molecule has 18 heavy (non-hydrogen) atoms. The van der Waals surface area contributed by atoms with Gasteiger partial charge in [0, 0.05) is 45.6 Å². The smallest absolute Gasteiger partial charge is 0.253 e. The highest BCUT2D eigenvalue weighted by Crippen LogP contribution is 2.01. The lowest BCUT2D eigenvalue weighted by Gasteiger charge is -2.20. The molecule has 0 aromatic carbocycles. The Morgan fingerprint density at radius 3 is 2.83 bits per heavy atom. The average molecular weight is 254 g/mol. The second kappa shape index (κ2) is 6.32. The molecule has 0 saturated heterocycles. The first-order chi connectivity index (χ1) is 8.45. The minimum atomic E-state index is -0.740. The van der Waals surface area contributed by atoms with Gasteiger partial charge in [0.25, 0.3) is 11.5 Å². The highest BCUT2D eigenvalue weighted by atomic mass is 16.5. The first-order valence-electron chi connectivity index (χ1n) is 5.55. The van der Waals surface area contributed by atoms with E-state index < -0.39 is 6.10 Å². The van der Waals surface area contributed by atoms with Crippen molar-refractivity contribution in [3.8, 4) is 0 Å². The third-order valence-electron chi connectivity index (χ3n) is 2.54. The zero-order chi connectivity index (χ0) is 13.7. The summed E-state index contributed by atoms with van der Waals surface area (Å²) in [4.78, 5) is 24.7. The molecule has 0 fully saturated rings. The summed E-state index contributed by atoms with van der Waals surface area (Å²) >= 11 is 0. The van der Waals surface area contributed by atoms with Gasteiger partial charge in [-0.25, -0.2) is 0 Å². The first-order valence-corrected chi connectivity index (χ1v) is 5.55. The highest BCUT2D eigenvalue weighted by molar-refractivity contribution is 5.93. The van der Waals surface area contributed by atoms with E-state index in [1.165, 1.54) is 28.8 Å². The molecule has 1 N–H and O–H groups in total. The van der Waals surface area contributed by atoms with Gasteiger partial charge in [-0.15, -0.1) is 0 Å². The molecule has 1 aromatic rings. The number of aromatic nitrogens is 1. The van der Waals surface area contributed by atoms with E-state index in [4.69, 9.17) is 4.74 Å². The number of nitrogens with zero attached hydrogens (tertiary/aromatic N) is 2. The standard InChI is InChI=1S/C12H18N2O4/c1-13-5-4-9(6-11(13)16)12(17)14(2)7-10(15)8-18-3/h4-6,10,15H,7-8H2,1-3H3. The predicted octanol–water partition coefficient (Wildman–Crippen LogP) is -0.535. The largest absolute Gasteiger partial charge is 0.389 e. The van der Waals surface area contributed by atoms with E-state index in [0.717, 1.165) is 0 Å². The second-order valence-electron chi connectivity index (χ2n) is 4.16. The van der Waals surface area contributed by atoms with Crippen LogP contribution in [0.15, 0.2) is 23.1 Å². The minimum Gasteiger partial charge on any atom is -0.389 e. The number of aryl methyl sites for hydroxylation is 1. The van der Waals surface area contributed by atoms with Gasteiger partial charge in [0.05, 0.1) is 12.7 Å². The van der Waals surface area contributed by atoms with Crippen LogP contribution in [0.1, 0.15) is 10.4 Å². The van der Waals surface area contributed by atoms with E-state index in [1.54, 1.807) is 20.2 Å². The predicted molar refractivity (Wildman–Crippen MR) is 66.5 cm³/mol. The Morgan fingerprint density at radius 1 is 1.61 bits per heavy atom. The maximum atomic E-state index is 12.0. The number of carbonyl (C=O) groups excluding carboxylic acids is 1. The molecule has 0 spiro atoms. The van der Waals surface area contributed by atoms with Crippen LogP contribution >= 0.6 is 0 Å². The molecule has 1 heterocycles. The van der Waals surface area contributed by atoms with Crippen LogP contribution in [0.3, 0.4) is 0 Å². The van der Waals surface area contributed by atoms with Crippen molar-refractivity contribution >= 4 is 5.91 Å². The molecule has 1 amide bonds. The second-order valence-corrected chi connectivity index (χ2v) is 4.16. The number of carbonyl (C=O) groups is 1. The zero-order valence-corrected chi connectivity index (χ0v) is 10.8. The Hall–Kier alpha value is -1.66. The lowest BCUT2D eigenvalue weighted by Crippen LogP contribution is -2.36. The van der Waals surface area contributed by atoms with Crippen molar-refractivity contribution < 1.29 is 14.6 Å². The van der Waals surface area contributed by atoms with Gasteiger partial charge in [0.2, 0.25) is 0 Å². The van der Waals surface area contributed by atoms with Crippen molar-refractivity contribution in [1.82, 2.24) is 9.47 Å². The van der Waals surface area contributed by atoms with Gasteiger partial charge in [0.15, 0.2) is 0 Å². The van der Waals surface area contributed by atoms with Crippen LogP contribution in [-0.4, -0.2) is 53.9 Å². The van der Waals surface area contributed by atoms with E-state index in [-0.39, 0.29) is 24.6 Å². The summed E-state index contributed by atoms with van der Waals surface area (Å²) in [6.07, 6.45) is 0.796. The lowest BCUT2D eigenvalue weighted by molar-refractivity contribution is 0.0380. The third-order valence-corrected chi connectivity index (χ3v) is 2.54. The quantitative estimate of drug-likeness (QED) is 0.766. The van der Waals surface area contributed by atoms with Gasteiger partial charge in [0.1, 0.15) is 0 Å². The summed E-state index contributed by atoms with van der Waals surface area (Å²) in [5, 5.41) is 9.53. The fraction of sp³-hybridized carbons (Fsp3) is 0.500. The molecule has 0 aliphatic carbocycles. The van der Waals surface area contributed by atoms with Crippen molar-refractivity contribution in [3.63, 3.8) is 0 Å². The molecule has 0 saturated carbocycles. The van der Waals surface area contributed by atoms with E-state index in [2.05, 4.69) is 0 Å². The number of methoxy groups -OCH3 is 1. The molecule has 0 bridgehead atoms. The summed E-state index contributed by atoms with van der Waals surface area (Å²) in [6.45, 7) is 0.316. The Labute approximate surface area is 105 Å². The normalized spacial score (nSPS) is 12.2.